The van der Waals surface area contributed by atoms with E-state index < -0.39 is 6.10 Å². The second kappa shape index (κ2) is 7.30. The predicted molar refractivity (Wildman–Crippen MR) is 95.2 cm³/mol. The van der Waals surface area contributed by atoms with Crippen LogP contribution >= 0.6 is 23.2 Å². The van der Waals surface area contributed by atoms with Gasteiger partial charge in [0.25, 0.3) is 0 Å². The summed E-state index contributed by atoms with van der Waals surface area (Å²) in [6.07, 6.45) is -0.782. The molecule has 24 heavy (non-hydrogen) atoms. The fourth-order valence-corrected chi connectivity index (χ4v) is 3.01. The van der Waals surface area contributed by atoms with Crippen LogP contribution < -0.4 is 15.0 Å². The molecule has 0 aliphatic carbocycles. The second-order valence-corrected chi connectivity index (χ2v) is 6.33. The second-order valence-electron chi connectivity index (χ2n) is 5.49. The highest BCUT2D eigenvalue weighted by Gasteiger charge is 2.23. The average Bonchev–Trinajstić information content (AvgIpc) is 2.54. The minimum Gasteiger partial charge on any atom is -0.489 e. The summed E-state index contributed by atoms with van der Waals surface area (Å²) in [4.78, 5) is 13.6. The Hall–Kier alpha value is -1.95. The van der Waals surface area contributed by atoms with Crippen molar-refractivity contribution in [2.75, 3.05) is 29.9 Å². The molecule has 0 fully saturated rings. The van der Waals surface area contributed by atoms with E-state index in [-0.39, 0.29) is 25.6 Å². The molecule has 1 atom stereocenters. The summed E-state index contributed by atoms with van der Waals surface area (Å²) in [6, 6.07) is 12.4. The predicted octanol–water partition coefficient (Wildman–Crippen LogP) is 3.19. The number of benzene rings is 2. The van der Waals surface area contributed by atoms with E-state index in [1.165, 1.54) is 0 Å². The Morgan fingerprint density at radius 3 is 2.83 bits per heavy atom. The van der Waals surface area contributed by atoms with Crippen LogP contribution in [0.5, 0.6) is 5.75 Å². The molecular formula is C17H16Cl2N2O3. The first kappa shape index (κ1) is 16.9. The highest BCUT2D eigenvalue weighted by Crippen LogP contribution is 2.30. The number of hydrogen-bond donors (Lipinski definition) is 2. The standard InChI is InChI=1S/C17H16Cl2N2O3/c18-11-5-6-16(13(19)7-11)24-10-12(22)8-21-9-17(23)20-14-3-1-2-4-15(14)21/h1-7,12,22H,8-10H2,(H,20,23)/t12-/m1/s1. The van der Waals surface area contributed by atoms with Gasteiger partial charge in [-0.25, -0.2) is 0 Å². The molecule has 0 bridgehead atoms. The molecule has 7 heteroatoms. The highest BCUT2D eigenvalue weighted by molar-refractivity contribution is 6.35. The average molecular weight is 367 g/mol. The Morgan fingerprint density at radius 1 is 1.25 bits per heavy atom. The van der Waals surface area contributed by atoms with Gasteiger partial charge in [-0.15, -0.1) is 0 Å². The van der Waals surface area contributed by atoms with E-state index in [0.717, 1.165) is 11.4 Å². The number of hydrogen-bond acceptors (Lipinski definition) is 4. The molecule has 1 aliphatic rings. The van der Waals surface area contributed by atoms with Gasteiger partial charge in [-0.1, -0.05) is 35.3 Å². The van der Waals surface area contributed by atoms with Crippen molar-refractivity contribution in [3.05, 3.63) is 52.5 Å². The molecule has 0 aromatic heterocycles. The topological polar surface area (TPSA) is 61.8 Å². The van der Waals surface area contributed by atoms with Gasteiger partial charge in [0.05, 0.1) is 22.9 Å². The first-order valence-corrected chi connectivity index (χ1v) is 8.18. The van der Waals surface area contributed by atoms with Crippen LogP contribution in [0.4, 0.5) is 11.4 Å². The van der Waals surface area contributed by atoms with Crippen molar-refractivity contribution in [2.24, 2.45) is 0 Å². The molecule has 3 rings (SSSR count). The molecule has 1 amide bonds. The maximum absolute atomic E-state index is 11.8. The molecule has 2 N–H and O–H groups in total. The third-order valence-corrected chi connectivity index (χ3v) is 4.14. The van der Waals surface area contributed by atoms with Gasteiger partial charge in [0.2, 0.25) is 5.91 Å². The number of rotatable bonds is 5. The minimum absolute atomic E-state index is 0.0572. The number of halogens is 2. The largest absolute Gasteiger partial charge is 0.489 e. The smallest absolute Gasteiger partial charge is 0.243 e. The van der Waals surface area contributed by atoms with Crippen molar-refractivity contribution in [1.82, 2.24) is 0 Å². The van der Waals surface area contributed by atoms with Crippen LogP contribution in [0.3, 0.4) is 0 Å². The fraction of sp³-hybridized carbons (Fsp3) is 0.235. The third-order valence-electron chi connectivity index (χ3n) is 3.61. The van der Waals surface area contributed by atoms with E-state index in [4.69, 9.17) is 27.9 Å². The maximum Gasteiger partial charge on any atom is 0.243 e. The lowest BCUT2D eigenvalue weighted by molar-refractivity contribution is -0.115. The number of amides is 1. The lowest BCUT2D eigenvalue weighted by atomic mass is 10.2. The van der Waals surface area contributed by atoms with Crippen molar-refractivity contribution < 1.29 is 14.6 Å². The molecule has 1 aliphatic heterocycles. The van der Waals surface area contributed by atoms with Gasteiger partial charge in [0, 0.05) is 11.6 Å². The van der Waals surface area contributed by atoms with Crippen molar-refractivity contribution >= 4 is 40.5 Å². The summed E-state index contributed by atoms with van der Waals surface area (Å²) >= 11 is 11.9. The van der Waals surface area contributed by atoms with E-state index in [0.29, 0.717) is 15.8 Å². The van der Waals surface area contributed by atoms with Gasteiger partial charge in [-0.2, -0.15) is 0 Å². The first-order chi connectivity index (χ1) is 11.5. The van der Waals surface area contributed by atoms with Crippen molar-refractivity contribution in [2.45, 2.75) is 6.10 Å². The zero-order valence-electron chi connectivity index (χ0n) is 12.7. The molecular weight excluding hydrogens is 351 g/mol. The zero-order chi connectivity index (χ0) is 17.1. The zero-order valence-corrected chi connectivity index (χ0v) is 14.2. The number of nitrogens with zero attached hydrogens (tertiary/aromatic N) is 1. The molecule has 0 radical (unpaired) electrons. The number of para-hydroxylation sites is 2. The van der Waals surface area contributed by atoms with E-state index in [2.05, 4.69) is 5.32 Å². The molecule has 2 aromatic carbocycles. The van der Waals surface area contributed by atoms with Gasteiger partial charge in [-0.05, 0) is 30.3 Å². The summed E-state index contributed by atoms with van der Waals surface area (Å²) in [5, 5.41) is 14.0. The lowest BCUT2D eigenvalue weighted by Gasteiger charge is -2.32. The van der Waals surface area contributed by atoms with E-state index in [1.807, 2.05) is 29.2 Å². The van der Waals surface area contributed by atoms with Crippen LogP contribution in [0.25, 0.3) is 0 Å². The number of nitrogens with one attached hydrogen (secondary N) is 1. The summed E-state index contributed by atoms with van der Waals surface area (Å²) in [7, 11) is 0. The Kier molecular flexibility index (Phi) is 5.14. The first-order valence-electron chi connectivity index (χ1n) is 7.42. The van der Waals surface area contributed by atoms with Crippen LogP contribution in [-0.2, 0) is 4.79 Å². The highest BCUT2D eigenvalue weighted by atomic mass is 35.5. The van der Waals surface area contributed by atoms with Gasteiger partial charge < -0.3 is 20.1 Å². The minimum atomic E-state index is -0.782. The van der Waals surface area contributed by atoms with Crippen molar-refractivity contribution in [3.63, 3.8) is 0 Å². The van der Waals surface area contributed by atoms with E-state index in [9.17, 15) is 9.90 Å². The molecule has 0 spiro atoms. The Labute approximate surface area is 149 Å². The van der Waals surface area contributed by atoms with E-state index in [1.54, 1.807) is 18.2 Å². The van der Waals surface area contributed by atoms with Gasteiger partial charge >= 0.3 is 0 Å². The molecule has 126 valence electrons. The molecule has 5 nitrogen and oxygen atoms in total. The van der Waals surface area contributed by atoms with E-state index >= 15 is 0 Å². The quantitative estimate of drug-likeness (QED) is 0.852. The van der Waals surface area contributed by atoms with Crippen LogP contribution in [0.1, 0.15) is 0 Å². The van der Waals surface area contributed by atoms with Crippen molar-refractivity contribution in [1.29, 1.82) is 0 Å². The lowest BCUT2D eigenvalue weighted by Crippen LogP contribution is -2.43. The van der Waals surface area contributed by atoms with Gasteiger partial charge in [-0.3, -0.25) is 4.79 Å². The molecule has 2 aromatic rings. The number of fused-ring (bicyclic) bond motifs is 1. The Morgan fingerprint density at radius 2 is 2.04 bits per heavy atom. The summed E-state index contributed by atoms with van der Waals surface area (Å²) in [5.41, 5.74) is 1.61. The van der Waals surface area contributed by atoms with Gasteiger partial charge in [0.15, 0.2) is 0 Å². The third kappa shape index (κ3) is 3.93. The van der Waals surface area contributed by atoms with Gasteiger partial charge in [0.1, 0.15) is 18.5 Å². The fourth-order valence-electron chi connectivity index (χ4n) is 2.55. The number of aliphatic hydroxyl groups is 1. The summed E-state index contributed by atoms with van der Waals surface area (Å²) < 4.78 is 5.54. The van der Waals surface area contributed by atoms with Crippen LogP contribution in [0.15, 0.2) is 42.5 Å². The molecule has 0 unspecified atom stereocenters. The monoisotopic (exact) mass is 366 g/mol. The Balaban J connectivity index is 1.63. The molecule has 0 saturated heterocycles. The van der Waals surface area contributed by atoms with Crippen molar-refractivity contribution in [3.8, 4) is 5.75 Å². The van der Waals surface area contributed by atoms with Crippen LogP contribution in [0.2, 0.25) is 10.0 Å². The molecule has 0 saturated carbocycles. The SMILES string of the molecule is O=C1CN(C[C@@H](O)COc2ccc(Cl)cc2Cl)c2ccccc2N1. The Bertz CT molecular complexity index is 754. The number of β-amino-alcohol motifs (C(OH)–C–C–N with tert-alkyl or cyclic N) is 1. The maximum atomic E-state index is 11.8. The number of carbonyl (C=O) groups excluding carboxylic acids is 1. The number of anilines is 2. The number of ether oxygens (including phenoxy) is 1. The number of carbonyl (C=O) groups is 1. The summed E-state index contributed by atoms with van der Waals surface area (Å²) in [5.74, 6) is 0.347. The normalized spacial score (nSPS) is 14.8. The van der Waals surface area contributed by atoms with Crippen LogP contribution in [0, 0.1) is 0 Å². The molecule has 1 heterocycles. The summed E-state index contributed by atoms with van der Waals surface area (Å²) in [6.45, 7) is 0.521. The number of aliphatic hydroxyl groups excluding tert-OH is 1. The van der Waals surface area contributed by atoms with Crippen LogP contribution in [-0.4, -0.2) is 36.8 Å².